The van der Waals surface area contributed by atoms with Gasteiger partial charge in [0.05, 0.1) is 21.3 Å². The van der Waals surface area contributed by atoms with Gasteiger partial charge < -0.3 is 19.9 Å². The van der Waals surface area contributed by atoms with Crippen LogP contribution < -0.4 is 19.9 Å². The Morgan fingerprint density at radius 1 is 1.00 bits per heavy atom. The largest absolute Gasteiger partial charge is 0.493 e. The van der Waals surface area contributed by atoms with E-state index < -0.39 is 0 Å². The molecule has 84 valence electrons. The molecular weight excluding hydrogens is 194 g/mol. The standard InChI is InChI=1S/C11H17NO3/c1-7(12)8-5-9(13-2)11(15-4)10(6-8)14-3/h5-7H,12H2,1-4H3/p+1/t7-/m1/s1. The number of methoxy groups -OCH3 is 3. The first-order valence-electron chi connectivity index (χ1n) is 4.77. The summed E-state index contributed by atoms with van der Waals surface area (Å²) in [5.41, 5.74) is 5.02. The molecule has 0 aliphatic rings. The van der Waals surface area contributed by atoms with Crippen molar-refractivity contribution < 1.29 is 19.9 Å². The van der Waals surface area contributed by atoms with E-state index in [0.717, 1.165) is 5.56 Å². The molecule has 0 saturated heterocycles. The Balaban J connectivity index is 3.29. The minimum Gasteiger partial charge on any atom is -0.493 e. The lowest BCUT2D eigenvalue weighted by Crippen LogP contribution is -2.51. The minimum absolute atomic E-state index is 0.179. The van der Waals surface area contributed by atoms with E-state index in [-0.39, 0.29) is 6.04 Å². The molecule has 1 aromatic rings. The first-order valence-corrected chi connectivity index (χ1v) is 4.77. The zero-order valence-electron chi connectivity index (χ0n) is 9.66. The lowest BCUT2D eigenvalue weighted by atomic mass is 10.1. The van der Waals surface area contributed by atoms with E-state index in [1.165, 1.54) is 0 Å². The lowest BCUT2D eigenvalue weighted by molar-refractivity contribution is -0.420. The number of hydrogen-bond donors (Lipinski definition) is 1. The van der Waals surface area contributed by atoms with Crippen molar-refractivity contribution in [3.8, 4) is 17.2 Å². The molecule has 0 aromatic heterocycles. The molecule has 0 unspecified atom stereocenters. The quantitative estimate of drug-likeness (QED) is 0.810. The average molecular weight is 212 g/mol. The van der Waals surface area contributed by atoms with Gasteiger partial charge in [-0.1, -0.05) is 0 Å². The fourth-order valence-corrected chi connectivity index (χ4v) is 1.39. The minimum atomic E-state index is 0.179. The van der Waals surface area contributed by atoms with Crippen molar-refractivity contribution in [2.24, 2.45) is 0 Å². The van der Waals surface area contributed by atoms with Gasteiger partial charge in [0.15, 0.2) is 11.5 Å². The Kier molecular flexibility index (Phi) is 3.80. The summed E-state index contributed by atoms with van der Waals surface area (Å²) in [5, 5.41) is 0. The monoisotopic (exact) mass is 212 g/mol. The third-order valence-electron chi connectivity index (χ3n) is 2.26. The van der Waals surface area contributed by atoms with Gasteiger partial charge in [-0.3, -0.25) is 0 Å². The van der Waals surface area contributed by atoms with Crippen LogP contribution >= 0.6 is 0 Å². The molecule has 1 atom stereocenters. The van der Waals surface area contributed by atoms with Crippen LogP contribution in [0, 0.1) is 0 Å². The predicted octanol–water partition coefficient (Wildman–Crippen LogP) is 1.02. The van der Waals surface area contributed by atoms with Crippen molar-refractivity contribution in [3.63, 3.8) is 0 Å². The zero-order chi connectivity index (χ0) is 11.4. The molecule has 15 heavy (non-hydrogen) atoms. The van der Waals surface area contributed by atoms with Crippen molar-refractivity contribution >= 4 is 0 Å². The van der Waals surface area contributed by atoms with Gasteiger partial charge in [-0.15, -0.1) is 0 Å². The van der Waals surface area contributed by atoms with E-state index in [0.29, 0.717) is 17.2 Å². The van der Waals surface area contributed by atoms with Crippen molar-refractivity contribution in [3.05, 3.63) is 17.7 Å². The molecule has 4 nitrogen and oxygen atoms in total. The summed E-state index contributed by atoms with van der Waals surface area (Å²) in [6.07, 6.45) is 0. The predicted molar refractivity (Wildman–Crippen MR) is 57.4 cm³/mol. The van der Waals surface area contributed by atoms with Gasteiger partial charge >= 0.3 is 0 Å². The maximum Gasteiger partial charge on any atom is 0.203 e. The summed E-state index contributed by atoms with van der Waals surface area (Å²) in [6, 6.07) is 4.01. The number of benzene rings is 1. The van der Waals surface area contributed by atoms with Gasteiger partial charge in [0.2, 0.25) is 5.75 Å². The molecule has 0 heterocycles. The van der Waals surface area contributed by atoms with Gasteiger partial charge in [-0.25, -0.2) is 0 Å². The van der Waals surface area contributed by atoms with Crippen molar-refractivity contribution in [2.45, 2.75) is 13.0 Å². The van der Waals surface area contributed by atoms with E-state index in [1.54, 1.807) is 21.3 Å². The summed E-state index contributed by atoms with van der Waals surface area (Å²) in [6.45, 7) is 2.01. The Morgan fingerprint density at radius 3 is 1.73 bits per heavy atom. The maximum absolute atomic E-state index is 5.24. The number of rotatable bonds is 4. The smallest absolute Gasteiger partial charge is 0.203 e. The Labute approximate surface area is 89.9 Å². The van der Waals surface area contributed by atoms with E-state index in [9.17, 15) is 0 Å². The molecule has 0 spiro atoms. The van der Waals surface area contributed by atoms with Crippen molar-refractivity contribution in [2.75, 3.05) is 21.3 Å². The van der Waals surface area contributed by atoms with E-state index in [2.05, 4.69) is 5.73 Å². The second kappa shape index (κ2) is 4.89. The van der Waals surface area contributed by atoms with E-state index >= 15 is 0 Å². The molecule has 4 heteroatoms. The van der Waals surface area contributed by atoms with Gasteiger partial charge in [-0.2, -0.15) is 0 Å². The lowest BCUT2D eigenvalue weighted by Gasteiger charge is -2.14. The van der Waals surface area contributed by atoms with Crippen LogP contribution in [-0.4, -0.2) is 21.3 Å². The SMILES string of the molecule is COc1cc([C@@H](C)[NH3+])cc(OC)c1OC. The molecule has 0 aliphatic carbocycles. The third kappa shape index (κ3) is 2.33. The fraction of sp³-hybridized carbons (Fsp3) is 0.455. The Morgan fingerprint density at radius 2 is 1.47 bits per heavy atom. The number of hydrogen-bond acceptors (Lipinski definition) is 3. The molecule has 0 amide bonds. The normalized spacial score (nSPS) is 12.1. The Bertz CT molecular complexity index is 312. The maximum atomic E-state index is 5.24. The van der Waals surface area contributed by atoms with Crippen molar-refractivity contribution in [1.82, 2.24) is 0 Å². The third-order valence-corrected chi connectivity index (χ3v) is 2.26. The molecule has 0 radical (unpaired) electrons. The second-order valence-corrected chi connectivity index (χ2v) is 3.36. The first-order chi connectivity index (χ1) is 7.13. The molecular formula is C11H18NO3+. The molecule has 0 saturated carbocycles. The van der Waals surface area contributed by atoms with Gasteiger partial charge in [0.1, 0.15) is 6.04 Å². The number of quaternary nitrogens is 1. The molecule has 1 aromatic carbocycles. The molecule has 0 fully saturated rings. The molecule has 0 aliphatic heterocycles. The summed E-state index contributed by atoms with van der Waals surface area (Å²) in [4.78, 5) is 0. The van der Waals surface area contributed by atoms with Gasteiger partial charge in [0, 0.05) is 5.56 Å². The van der Waals surface area contributed by atoms with Crippen LogP contribution in [0.4, 0.5) is 0 Å². The molecule has 3 N–H and O–H groups in total. The van der Waals surface area contributed by atoms with Crippen LogP contribution in [0.25, 0.3) is 0 Å². The highest BCUT2D eigenvalue weighted by molar-refractivity contribution is 5.54. The van der Waals surface area contributed by atoms with Gasteiger partial charge in [-0.05, 0) is 19.1 Å². The van der Waals surface area contributed by atoms with E-state index in [4.69, 9.17) is 14.2 Å². The Hall–Kier alpha value is -1.42. The highest BCUT2D eigenvalue weighted by Crippen LogP contribution is 2.38. The fourth-order valence-electron chi connectivity index (χ4n) is 1.39. The zero-order valence-corrected chi connectivity index (χ0v) is 9.66. The van der Waals surface area contributed by atoms with Crippen LogP contribution in [0.3, 0.4) is 0 Å². The van der Waals surface area contributed by atoms with Crippen LogP contribution in [0.15, 0.2) is 12.1 Å². The highest BCUT2D eigenvalue weighted by Gasteiger charge is 2.15. The molecule has 0 bridgehead atoms. The van der Waals surface area contributed by atoms with Crippen LogP contribution in [0.1, 0.15) is 18.5 Å². The van der Waals surface area contributed by atoms with Crippen LogP contribution in [0.5, 0.6) is 17.2 Å². The van der Waals surface area contributed by atoms with Crippen LogP contribution in [0.2, 0.25) is 0 Å². The first kappa shape index (κ1) is 11.7. The van der Waals surface area contributed by atoms with E-state index in [1.807, 2.05) is 19.1 Å². The van der Waals surface area contributed by atoms with Crippen molar-refractivity contribution in [1.29, 1.82) is 0 Å². The second-order valence-electron chi connectivity index (χ2n) is 3.36. The topological polar surface area (TPSA) is 55.3 Å². The van der Waals surface area contributed by atoms with Crippen LogP contribution in [-0.2, 0) is 0 Å². The average Bonchev–Trinajstić information content (AvgIpc) is 2.26. The summed E-state index contributed by atoms with van der Waals surface area (Å²) < 4.78 is 15.7. The van der Waals surface area contributed by atoms with Gasteiger partial charge in [0.25, 0.3) is 0 Å². The highest BCUT2D eigenvalue weighted by atomic mass is 16.5. The summed E-state index contributed by atoms with van der Waals surface area (Å²) in [7, 11) is 4.80. The summed E-state index contributed by atoms with van der Waals surface area (Å²) >= 11 is 0. The number of ether oxygens (including phenoxy) is 3. The molecule has 1 rings (SSSR count). The summed E-state index contributed by atoms with van der Waals surface area (Å²) in [5.74, 6) is 1.95.